The highest BCUT2D eigenvalue weighted by atomic mass is 16.5. The smallest absolute Gasteiger partial charge is 0.191 e. The minimum Gasteiger partial charge on any atom is -0.380 e. The van der Waals surface area contributed by atoms with Crippen LogP contribution in [0.4, 0.5) is 0 Å². The van der Waals surface area contributed by atoms with Crippen molar-refractivity contribution < 1.29 is 4.74 Å². The van der Waals surface area contributed by atoms with Gasteiger partial charge in [-0.15, -0.1) is 0 Å². The number of aliphatic imine (C=N–C) groups is 1. The Morgan fingerprint density at radius 2 is 1.71 bits per heavy atom. The van der Waals surface area contributed by atoms with Gasteiger partial charge in [-0.2, -0.15) is 0 Å². The molecule has 0 aliphatic rings. The lowest BCUT2D eigenvalue weighted by atomic mass is 10.1. The fourth-order valence-electron chi connectivity index (χ4n) is 3.07. The van der Waals surface area contributed by atoms with E-state index in [0.29, 0.717) is 12.6 Å². The number of nitrogens with one attached hydrogen (secondary N) is 2. The summed E-state index contributed by atoms with van der Waals surface area (Å²) >= 11 is 0. The van der Waals surface area contributed by atoms with E-state index in [1.165, 1.54) is 16.7 Å². The van der Waals surface area contributed by atoms with Crippen LogP contribution in [-0.2, 0) is 24.4 Å². The van der Waals surface area contributed by atoms with Crippen LogP contribution in [0, 0.1) is 0 Å². The topological polar surface area (TPSA) is 48.9 Å². The number of guanidine groups is 1. The molecule has 0 aliphatic carbocycles. The predicted molar refractivity (Wildman–Crippen MR) is 117 cm³/mol. The molecule has 0 heterocycles. The van der Waals surface area contributed by atoms with E-state index in [0.717, 1.165) is 32.0 Å². The second-order valence-corrected chi connectivity index (χ2v) is 7.09. The van der Waals surface area contributed by atoms with Gasteiger partial charge < -0.3 is 15.4 Å². The highest BCUT2D eigenvalue weighted by Gasteiger charge is 2.10. The van der Waals surface area contributed by atoms with Crippen LogP contribution in [0.3, 0.4) is 0 Å². The first-order valence-electron chi connectivity index (χ1n) is 9.88. The molecule has 5 heteroatoms. The summed E-state index contributed by atoms with van der Waals surface area (Å²) in [5.41, 5.74) is 3.77. The molecule has 1 unspecified atom stereocenters. The quantitative estimate of drug-likeness (QED) is 0.488. The normalized spacial score (nSPS) is 12.8. The molecule has 0 aromatic heterocycles. The lowest BCUT2D eigenvalue weighted by Gasteiger charge is -2.25. The Morgan fingerprint density at radius 1 is 1.04 bits per heavy atom. The third-order valence-corrected chi connectivity index (χ3v) is 4.97. The Morgan fingerprint density at radius 3 is 2.39 bits per heavy atom. The fraction of sp³-hybridized carbons (Fsp3) is 0.435. The molecular weight excluding hydrogens is 348 g/mol. The second-order valence-electron chi connectivity index (χ2n) is 7.09. The lowest BCUT2D eigenvalue weighted by Crippen LogP contribution is -2.39. The summed E-state index contributed by atoms with van der Waals surface area (Å²) < 4.78 is 5.28. The number of ether oxygens (including phenoxy) is 1. The van der Waals surface area contributed by atoms with E-state index in [-0.39, 0.29) is 0 Å². The van der Waals surface area contributed by atoms with Crippen LogP contribution in [0.5, 0.6) is 0 Å². The molecule has 1 atom stereocenters. The molecule has 0 amide bonds. The van der Waals surface area contributed by atoms with Gasteiger partial charge in [-0.3, -0.25) is 9.89 Å². The number of hydrogen-bond donors (Lipinski definition) is 2. The third kappa shape index (κ3) is 7.33. The zero-order valence-corrected chi connectivity index (χ0v) is 17.6. The minimum absolute atomic E-state index is 0.480. The van der Waals surface area contributed by atoms with Crippen molar-refractivity contribution in [3.05, 3.63) is 71.3 Å². The predicted octanol–water partition coefficient (Wildman–Crippen LogP) is 3.41. The molecule has 28 heavy (non-hydrogen) atoms. The van der Waals surface area contributed by atoms with Gasteiger partial charge >= 0.3 is 0 Å². The minimum atomic E-state index is 0.480. The van der Waals surface area contributed by atoms with Crippen LogP contribution in [0.2, 0.25) is 0 Å². The molecule has 152 valence electrons. The van der Waals surface area contributed by atoms with Crippen molar-refractivity contribution in [3.8, 4) is 0 Å². The first kappa shape index (κ1) is 21.9. The largest absolute Gasteiger partial charge is 0.380 e. The van der Waals surface area contributed by atoms with Gasteiger partial charge in [0.25, 0.3) is 0 Å². The average molecular weight is 383 g/mol. The van der Waals surface area contributed by atoms with Crippen LogP contribution < -0.4 is 10.6 Å². The molecular formula is C23H34N4O. The average Bonchev–Trinajstić information content (AvgIpc) is 2.72. The first-order chi connectivity index (χ1) is 13.6. The highest BCUT2D eigenvalue weighted by molar-refractivity contribution is 5.79. The van der Waals surface area contributed by atoms with Gasteiger partial charge in [0.05, 0.1) is 6.61 Å². The summed E-state index contributed by atoms with van der Waals surface area (Å²) in [4.78, 5) is 6.72. The highest BCUT2D eigenvalue weighted by Crippen LogP contribution is 2.10. The number of hydrogen-bond acceptors (Lipinski definition) is 3. The van der Waals surface area contributed by atoms with Crippen LogP contribution in [-0.4, -0.2) is 44.7 Å². The van der Waals surface area contributed by atoms with Gasteiger partial charge in [0.15, 0.2) is 5.96 Å². The van der Waals surface area contributed by atoms with Crippen molar-refractivity contribution in [1.82, 2.24) is 15.5 Å². The molecule has 2 aromatic carbocycles. The van der Waals surface area contributed by atoms with Gasteiger partial charge in [-0.25, -0.2) is 0 Å². The Kier molecular flexibility index (Phi) is 9.52. The maximum Gasteiger partial charge on any atom is 0.191 e. The summed E-state index contributed by atoms with van der Waals surface area (Å²) in [5.74, 6) is 0.824. The van der Waals surface area contributed by atoms with E-state index in [4.69, 9.17) is 4.74 Å². The van der Waals surface area contributed by atoms with Gasteiger partial charge in [0, 0.05) is 39.8 Å². The summed E-state index contributed by atoms with van der Waals surface area (Å²) in [6, 6.07) is 19.4. The van der Waals surface area contributed by atoms with E-state index in [1.54, 1.807) is 14.2 Å². The zero-order chi connectivity index (χ0) is 20.2. The number of rotatable bonds is 10. The molecule has 0 fully saturated rings. The molecule has 2 aromatic rings. The van der Waals surface area contributed by atoms with Crippen molar-refractivity contribution in [2.24, 2.45) is 4.99 Å². The maximum absolute atomic E-state index is 5.28. The van der Waals surface area contributed by atoms with Crippen molar-refractivity contribution in [2.75, 3.05) is 27.7 Å². The summed E-state index contributed by atoms with van der Waals surface area (Å²) in [5, 5.41) is 6.82. The molecule has 0 saturated heterocycles. The Balaban J connectivity index is 1.75. The van der Waals surface area contributed by atoms with Crippen molar-refractivity contribution >= 4 is 5.96 Å². The molecule has 2 rings (SSSR count). The molecule has 0 aliphatic heterocycles. The molecule has 2 N–H and O–H groups in total. The maximum atomic E-state index is 5.28. The number of benzene rings is 2. The molecule has 5 nitrogen and oxygen atoms in total. The Bertz CT molecular complexity index is 718. The fourth-order valence-corrected chi connectivity index (χ4v) is 3.07. The van der Waals surface area contributed by atoms with E-state index in [1.807, 2.05) is 6.07 Å². The van der Waals surface area contributed by atoms with E-state index in [9.17, 15) is 0 Å². The molecule has 0 bridgehead atoms. The second kappa shape index (κ2) is 12.2. The lowest BCUT2D eigenvalue weighted by molar-refractivity contribution is 0.184. The number of methoxy groups -OCH3 is 1. The Hall–Kier alpha value is -2.37. The van der Waals surface area contributed by atoms with E-state index < -0.39 is 0 Å². The monoisotopic (exact) mass is 382 g/mol. The molecule has 0 saturated carbocycles. The SMILES string of the molecule is CN=C(NCCC(C)N(C)Cc1ccccc1)NCc1ccccc1COC. The van der Waals surface area contributed by atoms with Gasteiger partial charge in [-0.05, 0) is 37.1 Å². The Labute approximate surface area is 169 Å². The van der Waals surface area contributed by atoms with Gasteiger partial charge in [-0.1, -0.05) is 54.6 Å². The van der Waals surface area contributed by atoms with Crippen molar-refractivity contribution in [3.63, 3.8) is 0 Å². The molecule has 0 radical (unpaired) electrons. The third-order valence-electron chi connectivity index (χ3n) is 4.97. The van der Waals surface area contributed by atoms with Crippen molar-refractivity contribution in [2.45, 2.75) is 39.1 Å². The van der Waals surface area contributed by atoms with Gasteiger partial charge in [0.2, 0.25) is 0 Å². The van der Waals surface area contributed by atoms with E-state index >= 15 is 0 Å². The van der Waals surface area contributed by atoms with Crippen LogP contribution >= 0.6 is 0 Å². The summed E-state index contributed by atoms with van der Waals surface area (Å²) in [7, 11) is 5.71. The summed E-state index contributed by atoms with van der Waals surface area (Å²) in [6.07, 6.45) is 1.05. The van der Waals surface area contributed by atoms with E-state index in [2.05, 4.69) is 83.0 Å². The standard InChI is InChI=1S/C23H34N4O/c1-19(27(3)17-20-10-6-5-7-11-20)14-15-25-23(24-2)26-16-21-12-8-9-13-22(21)18-28-4/h5-13,19H,14-18H2,1-4H3,(H2,24,25,26). The summed E-state index contributed by atoms with van der Waals surface area (Å²) in [6.45, 7) is 5.45. The zero-order valence-electron chi connectivity index (χ0n) is 17.6. The first-order valence-corrected chi connectivity index (χ1v) is 9.88. The van der Waals surface area contributed by atoms with Crippen molar-refractivity contribution in [1.29, 1.82) is 0 Å². The number of nitrogens with zero attached hydrogens (tertiary/aromatic N) is 2. The molecule has 0 spiro atoms. The van der Waals surface area contributed by atoms with Crippen LogP contribution in [0.25, 0.3) is 0 Å². The van der Waals surface area contributed by atoms with Gasteiger partial charge in [0.1, 0.15) is 0 Å². The van der Waals surface area contributed by atoms with Crippen LogP contribution in [0.15, 0.2) is 59.6 Å². The van der Waals surface area contributed by atoms with Crippen LogP contribution in [0.1, 0.15) is 30.0 Å².